The molecule has 1 N–H and O–H groups in total. The summed E-state index contributed by atoms with van der Waals surface area (Å²) in [6.07, 6.45) is 6.59. The minimum Gasteiger partial charge on any atom is -0.337 e. The second kappa shape index (κ2) is 3.27. The van der Waals surface area contributed by atoms with E-state index in [9.17, 15) is 0 Å². The molecule has 2 rings (SSSR count). The Morgan fingerprint density at radius 1 is 1.67 bits per heavy atom. The molecule has 0 saturated heterocycles. The fourth-order valence-corrected chi connectivity index (χ4v) is 1.28. The van der Waals surface area contributed by atoms with Crippen LogP contribution in [0.4, 0.5) is 0 Å². The fourth-order valence-electron chi connectivity index (χ4n) is 1.28. The van der Waals surface area contributed by atoms with Crippen molar-refractivity contribution < 1.29 is 0 Å². The van der Waals surface area contributed by atoms with Crippen LogP contribution in [0.5, 0.6) is 0 Å². The maximum Gasteiger partial charge on any atom is 0.0945 e. The van der Waals surface area contributed by atoms with E-state index in [2.05, 4.69) is 14.9 Å². The quantitative estimate of drug-likeness (QED) is 0.719. The smallest absolute Gasteiger partial charge is 0.0945 e. The molecule has 12 heavy (non-hydrogen) atoms. The summed E-state index contributed by atoms with van der Waals surface area (Å²) in [4.78, 5) is 4.06. The van der Waals surface area contributed by atoms with Crippen molar-refractivity contribution in [3.05, 3.63) is 18.2 Å². The first-order valence-corrected chi connectivity index (χ1v) is 4.52. The van der Waals surface area contributed by atoms with Crippen molar-refractivity contribution in [1.82, 2.24) is 14.9 Å². The summed E-state index contributed by atoms with van der Waals surface area (Å²) in [5.41, 5.74) is 1.26. The van der Waals surface area contributed by atoms with Gasteiger partial charge in [0.1, 0.15) is 0 Å². The summed E-state index contributed by atoms with van der Waals surface area (Å²) >= 11 is 0. The van der Waals surface area contributed by atoms with Gasteiger partial charge in [-0.15, -0.1) is 0 Å². The molecule has 3 heteroatoms. The van der Waals surface area contributed by atoms with Gasteiger partial charge >= 0.3 is 0 Å². The van der Waals surface area contributed by atoms with Gasteiger partial charge in [0.25, 0.3) is 0 Å². The predicted molar refractivity (Wildman–Crippen MR) is 47.6 cm³/mol. The summed E-state index contributed by atoms with van der Waals surface area (Å²) in [5, 5.41) is 3.43. The van der Waals surface area contributed by atoms with Crippen molar-refractivity contribution in [2.75, 3.05) is 6.54 Å². The Morgan fingerprint density at radius 2 is 2.50 bits per heavy atom. The van der Waals surface area contributed by atoms with E-state index in [0.717, 1.165) is 12.5 Å². The number of rotatable bonds is 4. The molecule has 0 bridgehead atoms. The Kier molecular flexibility index (Phi) is 2.13. The van der Waals surface area contributed by atoms with Crippen LogP contribution in [0.1, 0.15) is 18.5 Å². The number of aromatic nitrogens is 2. The Labute approximate surface area is 72.8 Å². The van der Waals surface area contributed by atoms with Gasteiger partial charge in [0.05, 0.1) is 12.0 Å². The molecule has 1 aliphatic rings. The highest BCUT2D eigenvalue weighted by Crippen LogP contribution is 2.27. The van der Waals surface area contributed by atoms with Gasteiger partial charge in [-0.1, -0.05) is 0 Å². The molecular formula is C9H15N3. The first-order valence-electron chi connectivity index (χ1n) is 4.52. The van der Waals surface area contributed by atoms with E-state index in [1.165, 1.54) is 25.1 Å². The number of hydrogen-bond donors (Lipinski definition) is 1. The zero-order valence-electron chi connectivity index (χ0n) is 7.45. The average Bonchev–Trinajstić information content (AvgIpc) is 2.78. The Balaban J connectivity index is 1.75. The molecule has 0 spiro atoms. The molecule has 1 saturated carbocycles. The van der Waals surface area contributed by atoms with Crippen LogP contribution in [0.3, 0.4) is 0 Å². The van der Waals surface area contributed by atoms with Gasteiger partial charge in [-0.05, 0) is 25.3 Å². The third-order valence-corrected chi connectivity index (χ3v) is 2.35. The number of nitrogens with one attached hydrogen (secondary N) is 1. The van der Waals surface area contributed by atoms with E-state index < -0.39 is 0 Å². The molecule has 1 aromatic heterocycles. The van der Waals surface area contributed by atoms with Gasteiger partial charge in [-0.3, -0.25) is 0 Å². The van der Waals surface area contributed by atoms with E-state index in [-0.39, 0.29) is 0 Å². The third-order valence-electron chi connectivity index (χ3n) is 2.35. The van der Waals surface area contributed by atoms with Crippen LogP contribution in [0.15, 0.2) is 12.5 Å². The summed E-state index contributed by atoms with van der Waals surface area (Å²) in [7, 11) is 2.03. The molecule has 1 fully saturated rings. The van der Waals surface area contributed by atoms with E-state index in [1.54, 1.807) is 0 Å². The molecule has 1 aliphatic carbocycles. The van der Waals surface area contributed by atoms with Crippen molar-refractivity contribution in [3.8, 4) is 0 Å². The molecular weight excluding hydrogens is 150 g/mol. The van der Waals surface area contributed by atoms with Crippen LogP contribution in [0, 0.1) is 5.92 Å². The van der Waals surface area contributed by atoms with Gasteiger partial charge in [-0.25, -0.2) is 4.98 Å². The van der Waals surface area contributed by atoms with Crippen molar-refractivity contribution in [2.45, 2.75) is 19.4 Å². The Hall–Kier alpha value is -0.830. The zero-order chi connectivity index (χ0) is 8.39. The largest absolute Gasteiger partial charge is 0.337 e. The lowest BCUT2D eigenvalue weighted by Gasteiger charge is -2.03. The third kappa shape index (κ3) is 1.85. The molecule has 0 atom stereocenters. The first kappa shape index (κ1) is 7.80. The Morgan fingerprint density at radius 3 is 3.08 bits per heavy atom. The minimum atomic E-state index is 0.951. The van der Waals surface area contributed by atoms with Crippen LogP contribution in [0.2, 0.25) is 0 Å². The number of hydrogen-bond acceptors (Lipinski definition) is 2. The van der Waals surface area contributed by atoms with Crippen LogP contribution < -0.4 is 5.32 Å². The van der Waals surface area contributed by atoms with E-state index >= 15 is 0 Å². The maximum absolute atomic E-state index is 4.06. The lowest BCUT2D eigenvalue weighted by atomic mass is 10.4. The topological polar surface area (TPSA) is 29.9 Å². The second-order valence-corrected chi connectivity index (χ2v) is 3.57. The fraction of sp³-hybridized carbons (Fsp3) is 0.667. The number of imidazole rings is 1. The lowest BCUT2D eigenvalue weighted by molar-refractivity contribution is 0.616. The molecule has 0 unspecified atom stereocenters. The van der Waals surface area contributed by atoms with E-state index in [4.69, 9.17) is 0 Å². The lowest BCUT2D eigenvalue weighted by Crippen LogP contribution is -2.17. The van der Waals surface area contributed by atoms with E-state index in [0.29, 0.717) is 0 Å². The van der Waals surface area contributed by atoms with Crippen molar-refractivity contribution in [3.63, 3.8) is 0 Å². The van der Waals surface area contributed by atoms with Crippen molar-refractivity contribution >= 4 is 0 Å². The van der Waals surface area contributed by atoms with Crippen LogP contribution in [-0.4, -0.2) is 16.1 Å². The number of nitrogens with zero attached hydrogens (tertiary/aromatic N) is 2. The van der Waals surface area contributed by atoms with Crippen LogP contribution in [-0.2, 0) is 13.6 Å². The van der Waals surface area contributed by atoms with Crippen LogP contribution >= 0.6 is 0 Å². The van der Waals surface area contributed by atoms with Gasteiger partial charge in [0.15, 0.2) is 0 Å². The highest BCUT2D eigenvalue weighted by Gasteiger charge is 2.20. The SMILES string of the molecule is Cn1cncc1CNCC1CC1. The predicted octanol–water partition coefficient (Wildman–Crippen LogP) is 0.920. The molecule has 66 valence electrons. The molecule has 0 aromatic carbocycles. The normalized spacial score (nSPS) is 16.8. The summed E-state index contributed by atoms with van der Waals surface area (Å²) in [5.74, 6) is 0.957. The van der Waals surface area contributed by atoms with E-state index in [1.807, 2.05) is 19.6 Å². The molecule has 1 aromatic rings. The van der Waals surface area contributed by atoms with Gasteiger partial charge in [-0.2, -0.15) is 0 Å². The Bertz CT molecular complexity index is 250. The highest BCUT2D eigenvalue weighted by atomic mass is 15.0. The molecule has 1 heterocycles. The number of aryl methyl sites for hydroxylation is 1. The highest BCUT2D eigenvalue weighted by molar-refractivity contribution is 4.96. The molecule has 0 aliphatic heterocycles. The second-order valence-electron chi connectivity index (χ2n) is 3.57. The first-order chi connectivity index (χ1) is 5.86. The zero-order valence-corrected chi connectivity index (χ0v) is 7.45. The standard InChI is InChI=1S/C9H15N3/c1-12-7-11-6-9(12)5-10-4-8-2-3-8/h6-8,10H,2-5H2,1H3. The molecule has 0 amide bonds. The van der Waals surface area contributed by atoms with Crippen molar-refractivity contribution in [2.24, 2.45) is 13.0 Å². The summed E-state index contributed by atoms with van der Waals surface area (Å²) in [6.45, 7) is 2.12. The molecule has 0 radical (unpaired) electrons. The van der Waals surface area contributed by atoms with Gasteiger partial charge < -0.3 is 9.88 Å². The van der Waals surface area contributed by atoms with Crippen LogP contribution in [0.25, 0.3) is 0 Å². The van der Waals surface area contributed by atoms with Crippen molar-refractivity contribution in [1.29, 1.82) is 0 Å². The summed E-state index contributed by atoms with van der Waals surface area (Å²) in [6, 6.07) is 0. The monoisotopic (exact) mass is 165 g/mol. The van der Waals surface area contributed by atoms with Gasteiger partial charge in [0.2, 0.25) is 0 Å². The summed E-state index contributed by atoms with van der Waals surface area (Å²) < 4.78 is 2.06. The maximum atomic E-state index is 4.06. The molecule has 3 nitrogen and oxygen atoms in total. The average molecular weight is 165 g/mol. The minimum absolute atomic E-state index is 0.951. The van der Waals surface area contributed by atoms with Gasteiger partial charge in [0, 0.05) is 19.8 Å².